The number of nitrogens with one attached hydrogen (secondary N) is 2. The monoisotopic (exact) mass is 271 g/mol. The topological polar surface area (TPSA) is 50.1 Å². The Bertz CT molecular complexity index is 532. The third kappa shape index (κ3) is 3.15. The van der Waals surface area contributed by atoms with Gasteiger partial charge in [0.25, 0.3) is 0 Å². The van der Waals surface area contributed by atoms with Crippen molar-refractivity contribution in [1.82, 2.24) is 5.16 Å². The molecule has 0 aliphatic carbocycles. The van der Waals surface area contributed by atoms with Gasteiger partial charge in [-0.2, -0.15) is 0 Å². The average molecular weight is 272 g/mol. The molecule has 2 aromatic rings. The molecule has 17 heavy (non-hydrogen) atoms. The molecule has 0 saturated carbocycles. The molecule has 7 heteroatoms. The van der Waals surface area contributed by atoms with Crippen LogP contribution in [0.5, 0.6) is 0 Å². The van der Waals surface area contributed by atoms with Gasteiger partial charge in [0.15, 0.2) is 10.9 Å². The van der Waals surface area contributed by atoms with Gasteiger partial charge in [-0.05, 0) is 30.4 Å². The summed E-state index contributed by atoms with van der Waals surface area (Å²) in [5, 5.41) is 9.58. The standard InChI is InChI=1S/C10H7ClFN3OS/c11-7-5-6(1-2-8(7)12)13-10(17)14-9-3-4-16-15-9/h1-5H,(H2,13,14,15,17). The summed E-state index contributed by atoms with van der Waals surface area (Å²) < 4.78 is 17.5. The zero-order valence-electron chi connectivity index (χ0n) is 8.41. The second kappa shape index (κ2) is 5.11. The van der Waals surface area contributed by atoms with Crippen LogP contribution < -0.4 is 10.6 Å². The molecule has 1 heterocycles. The lowest BCUT2D eigenvalue weighted by Crippen LogP contribution is -2.19. The van der Waals surface area contributed by atoms with Crippen molar-refractivity contribution >= 4 is 40.4 Å². The van der Waals surface area contributed by atoms with E-state index in [0.29, 0.717) is 16.6 Å². The molecule has 0 amide bonds. The van der Waals surface area contributed by atoms with Crippen molar-refractivity contribution in [2.24, 2.45) is 0 Å². The van der Waals surface area contributed by atoms with Crippen molar-refractivity contribution in [3.63, 3.8) is 0 Å². The van der Waals surface area contributed by atoms with Gasteiger partial charge in [0.05, 0.1) is 5.02 Å². The van der Waals surface area contributed by atoms with Gasteiger partial charge in [0.1, 0.15) is 12.1 Å². The Morgan fingerprint density at radius 1 is 1.35 bits per heavy atom. The molecule has 1 aromatic carbocycles. The van der Waals surface area contributed by atoms with Crippen molar-refractivity contribution in [2.45, 2.75) is 0 Å². The summed E-state index contributed by atoms with van der Waals surface area (Å²) >= 11 is 10.7. The molecule has 0 saturated heterocycles. The maximum absolute atomic E-state index is 12.9. The molecule has 0 fully saturated rings. The van der Waals surface area contributed by atoms with E-state index in [9.17, 15) is 4.39 Å². The lowest BCUT2D eigenvalue weighted by atomic mass is 10.3. The Morgan fingerprint density at radius 2 is 2.18 bits per heavy atom. The second-order valence-corrected chi connectivity index (χ2v) is 3.91. The molecule has 4 nitrogen and oxygen atoms in total. The summed E-state index contributed by atoms with van der Waals surface area (Å²) in [5.41, 5.74) is 0.581. The van der Waals surface area contributed by atoms with Crippen LogP contribution in [0, 0.1) is 5.82 Å². The number of rotatable bonds is 2. The fourth-order valence-electron chi connectivity index (χ4n) is 1.13. The van der Waals surface area contributed by atoms with Crippen molar-refractivity contribution in [2.75, 3.05) is 10.6 Å². The summed E-state index contributed by atoms with van der Waals surface area (Å²) in [6, 6.07) is 5.83. The third-order valence-corrected chi connectivity index (χ3v) is 2.35. The zero-order valence-corrected chi connectivity index (χ0v) is 9.98. The van der Waals surface area contributed by atoms with E-state index in [2.05, 4.69) is 20.3 Å². The van der Waals surface area contributed by atoms with Gasteiger partial charge in [0, 0.05) is 11.8 Å². The molecular weight excluding hydrogens is 265 g/mol. The van der Waals surface area contributed by atoms with E-state index in [1.54, 1.807) is 6.07 Å². The van der Waals surface area contributed by atoms with Crippen LogP contribution in [0.15, 0.2) is 35.1 Å². The van der Waals surface area contributed by atoms with Gasteiger partial charge in [0.2, 0.25) is 0 Å². The number of benzene rings is 1. The molecular formula is C10H7ClFN3OS. The first-order valence-corrected chi connectivity index (χ1v) is 5.37. The minimum atomic E-state index is -0.479. The molecule has 0 unspecified atom stereocenters. The SMILES string of the molecule is Fc1ccc(NC(=S)Nc2ccon2)cc1Cl. The summed E-state index contributed by atoms with van der Waals surface area (Å²) in [6.45, 7) is 0. The number of hydrogen-bond donors (Lipinski definition) is 2. The lowest BCUT2D eigenvalue weighted by molar-refractivity contribution is 0.423. The number of nitrogens with zero attached hydrogens (tertiary/aromatic N) is 1. The van der Waals surface area contributed by atoms with Crippen LogP contribution in [0.2, 0.25) is 5.02 Å². The average Bonchev–Trinajstić information content (AvgIpc) is 2.76. The van der Waals surface area contributed by atoms with Crippen LogP contribution in [0.4, 0.5) is 15.9 Å². The largest absolute Gasteiger partial charge is 0.363 e. The number of anilines is 2. The van der Waals surface area contributed by atoms with Crippen LogP contribution in [-0.4, -0.2) is 10.3 Å². The molecule has 0 radical (unpaired) electrons. The quantitative estimate of drug-likeness (QED) is 0.821. The molecule has 0 spiro atoms. The van der Waals surface area contributed by atoms with Gasteiger partial charge in [-0.3, -0.25) is 0 Å². The summed E-state index contributed by atoms with van der Waals surface area (Å²) in [5.74, 6) is 0.00306. The van der Waals surface area contributed by atoms with Gasteiger partial charge in [-0.25, -0.2) is 4.39 Å². The van der Waals surface area contributed by atoms with Gasteiger partial charge >= 0.3 is 0 Å². The zero-order chi connectivity index (χ0) is 12.3. The predicted octanol–water partition coefficient (Wildman–Crippen LogP) is 3.28. The summed E-state index contributed by atoms with van der Waals surface area (Å²) in [4.78, 5) is 0. The van der Waals surface area contributed by atoms with Crippen LogP contribution in [0.3, 0.4) is 0 Å². The lowest BCUT2D eigenvalue weighted by Gasteiger charge is -2.08. The summed E-state index contributed by atoms with van der Waals surface area (Å²) in [7, 11) is 0. The van der Waals surface area contributed by atoms with Crippen LogP contribution in [-0.2, 0) is 0 Å². The Morgan fingerprint density at radius 3 is 2.82 bits per heavy atom. The highest BCUT2D eigenvalue weighted by Gasteiger charge is 2.03. The van der Waals surface area contributed by atoms with Crippen molar-refractivity contribution in [1.29, 1.82) is 0 Å². The molecule has 0 aliphatic rings. The van der Waals surface area contributed by atoms with E-state index in [-0.39, 0.29) is 5.02 Å². The highest BCUT2D eigenvalue weighted by Crippen LogP contribution is 2.19. The van der Waals surface area contributed by atoms with Gasteiger partial charge in [-0.1, -0.05) is 16.8 Å². The Hall–Kier alpha value is -1.66. The minimum absolute atomic E-state index is 0.0271. The Kier molecular flexibility index (Phi) is 3.55. The van der Waals surface area contributed by atoms with E-state index in [1.165, 1.54) is 24.5 Å². The molecule has 0 aliphatic heterocycles. The van der Waals surface area contributed by atoms with Gasteiger partial charge < -0.3 is 15.2 Å². The van der Waals surface area contributed by atoms with E-state index >= 15 is 0 Å². The number of hydrogen-bond acceptors (Lipinski definition) is 3. The highest BCUT2D eigenvalue weighted by molar-refractivity contribution is 7.80. The Balaban J connectivity index is 2.00. The van der Waals surface area contributed by atoms with E-state index < -0.39 is 5.82 Å². The molecule has 88 valence electrons. The number of halogens is 2. The normalized spacial score (nSPS) is 10.0. The van der Waals surface area contributed by atoms with Gasteiger partial charge in [-0.15, -0.1) is 0 Å². The minimum Gasteiger partial charge on any atom is -0.363 e. The highest BCUT2D eigenvalue weighted by atomic mass is 35.5. The van der Waals surface area contributed by atoms with Crippen LogP contribution in [0.25, 0.3) is 0 Å². The third-order valence-electron chi connectivity index (χ3n) is 1.86. The molecule has 1 aromatic heterocycles. The Labute approximate surface area is 107 Å². The first-order chi connectivity index (χ1) is 8.15. The number of aromatic nitrogens is 1. The first-order valence-electron chi connectivity index (χ1n) is 4.58. The predicted molar refractivity (Wildman–Crippen MR) is 67.8 cm³/mol. The van der Waals surface area contributed by atoms with Crippen molar-refractivity contribution < 1.29 is 8.91 Å². The van der Waals surface area contributed by atoms with Crippen LogP contribution >= 0.6 is 23.8 Å². The maximum Gasteiger partial charge on any atom is 0.176 e. The second-order valence-electron chi connectivity index (χ2n) is 3.09. The van der Waals surface area contributed by atoms with Crippen LogP contribution in [0.1, 0.15) is 0 Å². The summed E-state index contributed by atoms with van der Waals surface area (Å²) in [6.07, 6.45) is 1.42. The molecule has 2 N–H and O–H groups in total. The van der Waals surface area contributed by atoms with Crippen molar-refractivity contribution in [3.05, 3.63) is 41.4 Å². The maximum atomic E-state index is 12.9. The molecule has 2 rings (SSSR count). The van der Waals surface area contributed by atoms with E-state index in [0.717, 1.165) is 0 Å². The molecule has 0 atom stereocenters. The van der Waals surface area contributed by atoms with Crippen molar-refractivity contribution in [3.8, 4) is 0 Å². The number of thiocarbonyl (C=S) groups is 1. The fourth-order valence-corrected chi connectivity index (χ4v) is 1.53. The fraction of sp³-hybridized carbons (Fsp3) is 0. The molecule has 0 bridgehead atoms. The van der Waals surface area contributed by atoms with E-state index in [4.69, 9.17) is 23.8 Å². The smallest absolute Gasteiger partial charge is 0.176 e. The van der Waals surface area contributed by atoms with E-state index in [1.807, 2.05) is 0 Å². The first kappa shape index (κ1) is 11.8.